The second kappa shape index (κ2) is 8.28. The van der Waals surface area contributed by atoms with Crippen LogP contribution in [0.25, 0.3) is 0 Å². The molecule has 6 nitrogen and oxygen atoms in total. The fourth-order valence-electron chi connectivity index (χ4n) is 2.40. The maximum atomic E-state index is 12.3. The third kappa shape index (κ3) is 4.79. The van der Waals surface area contributed by atoms with Gasteiger partial charge >= 0.3 is 0 Å². The normalized spacial score (nSPS) is 12.9. The highest BCUT2D eigenvalue weighted by Gasteiger charge is 2.18. The quantitative estimate of drug-likeness (QED) is 0.593. The van der Waals surface area contributed by atoms with E-state index in [1.54, 1.807) is 13.0 Å². The molecule has 0 aliphatic rings. The Morgan fingerprint density at radius 2 is 1.92 bits per heavy atom. The van der Waals surface area contributed by atoms with E-state index < -0.39 is 11.0 Å². The molecular formula is C19H22N2O4. The van der Waals surface area contributed by atoms with Crippen LogP contribution in [0, 0.1) is 10.1 Å². The molecule has 2 atom stereocenters. The number of nitrogens with zero attached hydrogens (tertiary/aromatic N) is 1. The molecule has 0 heterocycles. The van der Waals surface area contributed by atoms with Gasteiger partial charge in [0.25, 0.3) is 11.6 Å². The highest BCUT2D eigenvalue weighted by Crippen LogP contribution is 2.29. The summed E-state index contributed by atoms with van der Waals surface area (Å²) in [7, 11) is 0. The second-order valence-electron chi connectivity index (χ2n) is 5.90. The number of nitro benzene ring substituents is 1. The number of anilines is 1. The van der Waals surface area contributed by atoms with E-state index in [0.717, 1.165) is 12.0 Å². The van der Waals surface area contributed by atoms with Gasteiger partial charge in [0.05, 0.1) is 4.92 Å². The van der Waals surface area contributed by atoms with Crippen LogP contribution in [0.15, 0.2) is 48.5 Å². The van der Waals surface area contributed by atoms with Gasteiger partial charge in [0.1, 0.15) is 5.75 Å². The minimum atomic E-state index is -0.732. The van der Waals surface area contributed by atoms with Crippen LogP contribution >= 0.6 is 0 Å². The van der Waals surface area contributed by atoms with Crippen molar-refractivity contribution in [3.63, 3.8) is 0 Å². The van der Waals surface area contributed by atoms with Gasteiger partial charge in [-0.2, -0.15) is 0 Å². The largest absolute Gasteiger partial charge is 0.481 e. The van der Waals surface area contributed by atoms with Gasteiger partial charge < -0.3 is 10.1 Å². The number of rotatable bonds is 7. The summed E-state index contributed by atoms with van der Waals surface area (Å²) in [5.74, 6) is 0.640. The Hall–Kier alpha value is -2.89. The number of para-hydroxylation sites is 1. The van der Waals surface area contributed by atoms with Crippen molar-refractivity contribution in [2.75, 3.05) is 5.32 Å². The summed E-state index contributed by atoms with van der Waals surface area (Å²) in [5.41, 5.74) is 1.35. The molecule has 0 saturated carbocycles. The second-order valence-corrected chi connectivity index (χ2v) is 5.90. The molecule has 0 aliphatic carbocycles. The minimum Gasteiger partial charge on any atom is -0.481 e. The Morgan fingerprint density at radius 1 is 1.20 bits per heavy atom. The zero-order chi connectivity index (χ0) is 18.4. The van der Waals surface area contributed by atoms with Crippen molar-refractivity contribution in [3.05, 3.63) is 64.2 Å². The van der Waals surface area contributed by atoms with E-state index in [0.29, 0.717) is 17.4 Å². The Balaban J connectivity index is 2.09. The molecule has 0 bridgehead atoms. The first-order chi connectivity index (χ1) is 11.9. The fourth-order valence-corrected chi connectivity index (χ4v) is 2.40. The standard InChI is InChI=1S/C19H22N2O4/c1-4-13(2)17-10-5-6-11-18(17)25-14(3)19(22)20-15-8-7-9-16(12-15)21(23)24/h5-14H,4H2,1-3H3,(H,20,22). The molecule has 1 N–H and O–H groups in total. The molecular weight excluding hydrogens is 320 g/mol. The molecule has 1 amide bonds. The molecule has 2 aromatic carbocycles. The van der Waals surface area contributed by atoms with Crippen molar-refractivity contribution in [2.45, 2.75) is 39.2 Å². The average Bonchev–Trinajstić information content (AvgIpc) is 2.61. The molecule has 6 heteroatoms. The Morgan fingerprint density at radius 3 is 2.60 bits per heavy atom. The van der Waals surface area contributed by atoms with Crippen molar-refractivity contribution in [2.24, 2.45) is 0 Å². The number of non-ortho nitro benzene ring substituents is 1. The monoisotopic (exact) mass is 342 g/mol. The van der Waals surface area contributed by atoms with E-state index in [9.17, 15) is 14.9 Å². The average molecular weight is 342 g/mol. The predicted octanol–water partition coefficient (Wildman–Crippen LogP) is 4.51. The number of ether oxygens (including phenoxy) is 1. The Kier molecular flexibility index (Phi) is 6.11. The summed E-state index contributed by atoms with van der Waals surface area (Å²) in [6, 6.07) is 13.5. The van der Waals surface area contributed by atoms with Gasteiger partial charge in [0.15, 0.2) is 6.10 Å². The number of carbonyl (C=O) groups excluding carboxylic acids is 1. The third-order valence-corrected chi connectivity index (χ3v) is 4.06. The van der Waals surface area contributed by atoms with Gasteiger partial charge in [0, 0.05) is 17.8 Å². The summed E-state index contributed by atoms with van der Waals surface area (Å²) in [6.45, 7) is 5.86. The van der Waals surface area contributed by atoms with Gasteiger partial charge in [-0.05, 0) is 37.0 Å². The number of amides is 1. The summed E-state index contributed by atoms with van der Waals surface area (Å²) >= 11 is 0. The molecule has 0 fully saturated rings. The van der Waals surface area contributed by atoms with E-state index >= 15 is 0 Å². The lowest BCUT2D eigenvalue weighted by Gasteiger charge is -2.19. The molecule has 2 aromatic rings. The molecule has 25 heavy (non-hydrogen) atoms. The topological polar surface area (TPSA) is 81.5 Å². The Bertz CT molecular complexity index is 761. The number of nitrogens with one attached hydrogen (secondary N) is 1. The van der Waals surface area contributed by atoms with Gasteiger partial charge in [-0.25, -0.2) is 0 Å². The molecule has 0 saturated heterocycles. The van der Waals surface area contributed by atoms with Gasteiger partial charge in [0.2, 0.25) is 0 Å². The number of nitro groups is 1. The first-order valence-electron chi connectivity index (χ1n) is 8.23. The number of benzene rings is 2. The van der Waals surface area contributed by atoms with Crippen LogP contribution in [0.3, 0.4) is 0 Å². The number of carbonyl (C=O) groups is 1. The van der Waals surface area contributed by atoms with Crippen molar-refractivity contribution < 1.29 is 14.5 Å². The van der Waals surface area contributed by atoms with Gasteiger partial charge in [-0.15, -0.1) is 0 Å². The van der Waals surface area contributed by atoms with Gasteiger partial charge in [-0.3, -0.25) is 14.9 Å². The van der Waals surface area contributed by atoms with E-state index in [-0.39, 0.29) is 11.6 Å². The summed E-state index contributed by atoms with van der Waals surface area (Å²) in [4.78, 5) is 22.7. The van der Waals surface area contributed by atoms with Crippen molar-refractivity contribution in [1.82, 2.24) is 0 Å². The molecule has 0 aromatic heterocycles. The molecule has 2 unspecified atom stereocenters. The molecule has 0 radical (unpaired) electrons. The zero-order valence-electron chi connectivity index (χ0n) is 14.6. The number of hydrogen-bond donors (Lipinski definition) is 1. The molecule has 2 rings (SSSR count). The van der Waals surface area contributed by atoms with Crippen LogP contribution in [-0.2, 0) is 4.79 Å². The predicted molar refractivity (Wildman–Crippen MR) is 97.0 cm³/mol. The summed E-state index contributed by atoms with van der Waals surface area (Å²) in [6.07, 6.45) is 0.235. The lowest BCUT2D eigenvalue weighted by atomic mass is 9.98. The SMILES string of the molecule is CCC(C)c1ccccc1OC(C)C(=O)Nc1cccc([N+](=O)[O-])c1. The lowest BCUT2D eigenvalue weighted by molar-refractivity contribution is -0.384. The van der Waals surface area contributed by atoms with Crippen molar-refractivity contribution in [3.8, 4) is 5.75 Å². The molecule has 132 valence electrons. The van der Waals surface area contributed by atoms with Crippen LogP contribution < -0.4 is 10.1 Å². The first-order valence-corrected chi connectivity index (χ1v) is 8.23. The highest BCUT2D eigenvalue weighted by molar-refractivity contribution is 5.94. The van der Waals surface area contributed by atoms with Crippen molar-refractivity contribution >= 4 is 17.3 Å². The maximum Gasteiger partial charge on any atom is 0.271 e. The summed E-state index contributed by atoms with van der Waals surface area (Å²) < 4.78 is 5.83. The van der Waals surface area contributed by atoms with Crippen LogP contribution in [0.5, 0.6) is 5.75 Å². The van der Waals surface area contributed by atoms with E-state index in [4.69, 9.17) is 4.74 Å². The van der Waals surface area contributed by atoms with Crippen LogP contribution in [0.1, 0.15) is 38.7 Å². The van der Waals surface area contributed by atoms with E-state index in [1.165, 1.54) is 18.2 Å². The van der Waals surface area contributed by atoms with E-state index in [1.807, 2.05) is 24.3 Å². The smallest absolute Gasteiger partial charge is 0.271 e. The zero-order valence-corrected chi connectivity index (χ0v) is 14.6. The number of hydrogen-bond acceptors (Lipinski definition) is 4. The minimum absolute atomic E-state index is 0.0755. The van der Waals surface area contributed by atoms with Crippen LogP contribution in [-0.4, -0.2) is 16.9 Å². The van der Waals surface area contributed by atoms with Crippen LogP contribution in [0.4, 0.5) is 11.4 Å². The summed E-state index contributed by atoms with van der Waals surface area (Å²) in [5, 5.41) is 13.5. The molecule has 0 aliphatic heterocycles. The maximum absolute atomic E-state index is 12.3. The fraction of sp³-hybridized carbons (Fsp3) is 0.316. The highest BCUT2D eigenvalue weighted by atomic mass is 16.6. The molecule has 0 spiro atoms. The van der Waals surface area contributed by atoms with Crippen LogP contribution in [0.2, 0.25) is 0 Å². The Labute approximate surface area is 147 Å². The van der Waals surface area contributed by atoms with E-state index in [2.05, 4.69) is 19.2 Å². The van der Waals surface area contributed by atoms with Crippen molar-refractivity contribution in [1.29, 1.82) is 0 Å². The lowest BCUT2D eigenvalue weighted by Crippen LogP contribution is -2.30. The first kappa shape index (κ1) is 18.4. The van der Waals surface area contributed by atoms with Gasteiger partial charge in [-0.1, -0.05) is 38.1 Å². The third-order valence-electron chi connectivity index (χ3n) is 4.06.